The van der Waals surface area contributed by atoms with E-state index in [2.05, 4.69) is 22.1 Å². The molecular weight excluding hydrogens is 254 g/mol. The van der Waals surface area contributed by atoms with Crippen molar-refractivity contribution in [3.63, 3.8) is 0 Å². The quantitative estimate of drug-likeness (QED) is 0.828. The Balaban J connectivity index is 2.03. The Bertz CT molecular complexity index is 648. The summed E-state index contributed by atoms with van der Waals surface area (Å²) >= 11 is 0. The summed E-state index contributed by atoms with van der Waals surface area (Å²) in [4.78, 5) is 15.9. The Kier molecular flexibility index (Phi) is 4.53. The third kappa shape index (κ3) is 3.46. The Morgan fingerprint density at radius 2 is 2.15 bits per heavy atom. The number of benzene rings is 1. The van der Waals surface area contributed by atoms with Crippen LogP contribution in [0.1, 0.15) is 22.5 Å². The molecule has 0 atom stereocenters. The molecule has 0 spiro atoms. The fourth-order valence-corrected chi connectivity index (χ4v) is 1.63. The number of aliphatic hydroxyl groups excluding tert-OH is 1. The molecule has 0 aliphatic heterocycles. The van der Waals surface area contributed by atoms with Gasteiger partial charge in [0.15, 0.2) is 0 Å². The second kappa shape index (κ2) is 6.55. The number of hydrogen-bond donors (Lipinski definition) is 2. The van der Waals surface area contributed by atoms with Gasteiger partial charge in [-0.25, -0.2) is 4.98 Å². The van der Waals surface area contributed by atoms with E-state index >= 15 is 0 Å². The van der Waals surface area contributed by atoms with E-state index in [0.717, 1.165) is 5.56 Å². The van der Waals surface area contributed by atoms with Crippen molar-refractivity contribution < 1.29 is 9.90 Å². The summed E-state index contributed by atoms with van der Waals surface area (Å²) < 4.78 is 1.66. The minimum Gasteiger partial charge on any atom is -0.395 e. The number of hydrogen-bond acceptors (Lipinski definition) is 3. The van der Waals surface area contributed by atoms with Gasteiger partial charge >= 0.3 is 0 Å². The molecule has 1 aromatic heterocycles. The highest BCUT2D eigenvalue weighted by molar-refractivity contribution is 6.02. The van der Waals surface area contributed by atoms with Crippen molar-refractivity contribution >= 4 is 11.6 Å². The summed E-state index contributed by atoms with van der Waals surface area (Å²) in [5.74, 6) is 5.56. The molecular formula is C15H15N3O2. The van der Waals surface area contributed by atoms with Crippen LogP contribution >= 0.6 is 0 Å². The number of aryl methyl sites for hydroxylation is 1. The van der Waals surface area contributed by atoms with E-state index in [-0.39, 0.29) is 12.5 Å². The van der Waals surface area contributed by atoms with Gasteiger partial charge in [0.25, 0.3) is 5.91 Å². The van der Waals surface area contributed by atoms with Crippen molar-refractivity contribution in [2.45, 2.75) is 6.42 Å². The third-order valence-corrected chi connectivity index (χ3v) is 2.66. The molecule has 0 aliphatic rings. The van der Waals surface area contributed by atoms with Crippen molar-refractivity contribution in [3.05, 3.63) is 48.0 Å². The van der Waals surface area contributed by atoms with E-state index in [0.29, 0.717) is 17.8 Å². The number of nitrogens with zero attached hydrogens (tertiary/aromatic N) is 2. The summed E-state index contributed by atoms with van der Waals surface area (Å²) in [7, 11) is 1.77. The molecule has 0 saturated carbocycles. The fraction of sp³-hybridized carbons (Fsp3) is 0.200. The van der Waals surface area contributed by atoms with Gasteiger partial charge in [0.2, 0.25) is 0 Å². The van der Waals surface area contributed by atoms with Crippen LogP contribution in [0.15, 0.2) is 36.8 Å². The zero-order valence-corrected chi connectivity index (χ0v) is 11.1. The second-order valence-electron chi connectivity index (χ2n) is 4.20. The van der Waals surface area contributed by atoms with Gasteiger partial charge in [-0.2, -0.15) is 0 Å². The lowest BCUT2D eigenvalue weighted by molar-refractivity contribution is 0.101. The highest BCUT2D eigenvalue weighted by atomic mass is 16.2. The van der Waals surface area contributed by atoms with E-state index in [1.807, 2.05) is 12.1 Å². The lowest BCUT2D eigenvalue weighted by Gasteiger charge is -2.05. The van der Waals surface area contributed by atoms with E-state index in [9.17, 15) is 4.79 Å². The molecule has 0 unspecified atom stereocenters. The smallest absolute Gasteiger partial charge is 0.273 e. The van der Waals surface area contributed by atoms with Crippen molar-refractivity contribution in [1.82, 2.24) is 9.55 Å². The molecule has 102 valence electrons. The van der Waals surface area contributed by atoms with Crippen LogP contribution in [-0.2, 0) is 7.05 Å². The number of aliphatic hydroxyl groups is 1. The molecule has 1 heterocycles. The first-order chi connectivity index (χ1) is 9.70. The maximum Gasteiger partial charge on any atom is 0.273 e. The first-order valence-corrected chi connectivity index (χ1v) is 6.18. The van der Waals surface area contributed by atoms with Crippen LogP contribution in [0.4, 0.5) is 5.69 Å². The number of aromatic nitrogens is 2. The average Bonchev–Trinajstić information content (AvgIpc) is 2.87. The molecule has 0 radical (unpaired) electrons. The van der Waals surface area contributed by atoms with E-state index in [4.69, 9.17) is 5.11 Å². The maximum atomic E-state index is 12.0. The first kappa shape index (κ1) is 13.8. The fourth-order valence-electron chi connectivity index (χ4n) is 1.63. The van der Waals surface area contributed by atoms with Crippen LogP contribution in [-0.4, -0.2) is 27.2 Å². The molecule has 0 aliphatic carbocycles. The highest BCUT2D eigenvalue weighted by Crippen LogP contribution is 2.10. The Morgan fingerprint density at radius 1 is 1.40 bits per heavy atom. The molecule has 5 nitrogen and oxygen atoms in total. The summed E-state index contributed by atoms with van der Waals surface area (Å²) in [6, 6.07) is 7.22. The zero-order valence-electron chi connectivity index (χ0n) is 11.1. The minimum absolute atomic E-state index is 0.0614. The van der Waals surface area contributed by atoms with Crippen LogP contribution in [0.3, 0.4) is 0 Å². The molecule has 20 heavy (non-hydrogen) atoms. The third-order valence-electron chi connectivity index (χ3n) is 2.66. The van der Waals surface area contributed by atoms with E-state index in [1.54, 1.807) is 30.1 Å². The molecule has 5 heteroatoms. The molecule has 1 amide bonds. The SMILES string of the molecule is Cn1cncc1C(=O)Nc1ccc(C#CCCO)cc1. The molecule has 1 aromatic carbocycles. The number of carbonyl (C=O) groups is 1. The Hall–Kier alpha value is -2.58. The zero-order chi connectivity index (χ0) is 14.4. The number of anilines is 1. The molecule has 2 rings (SSSR count). The van der Waals surface area contributed by atoms with Crippen LogP contribution < -0.4 is 5.32 Å². The van der Waals surface area contributed by atoms with Crippen LogP contribution in [0, 0.1) is 11.8 Å². The maximum absolute atomic E-state index is 12.0. The van der Waals surface area contributed by atoms with Gasteiger partial charge in [0, 0.05) is 24.7 Å². The molecule has 2 aromatic rings. The Morgan fingerprint density at radius 3 is 2.75 bits per heavy atom. The number of rotatable bonds is 3. The number of carbonyl (C=O) groups excluding carboxylic acids is 1. The van der Waals surface area contributed by atoms with E-state index < -0.39 is 0 Å². The molecule has 0 bridgehead atoms. The average molecular weight is 269 g/mol. The standard InChI is InChI=1S/C15H15N3O2/c1-18-11-16-10-14(18)15(20)17-13-7-5-12(6-8-13)4-2-3-9-19/h5-8,10-11,19H,3,9H2,1H3,(H,17,20). The summed E-state index contributed by atoms with van der Waals surface area (Å²) in [6.45, 7) is 0.0614. The van der Waals surface area contributed by atoms with Crippen molar-refractivity contribution in [3.8, 4) is 11.8 Å². The Labute approximate surface area is 117 Å². The number of amides is 1. The van der Waals surface area contributed by atoms with Gasteiger partial charge in [-0.3, -0.25) is 4.79 Å². The largest absolute Gasteiger partial charge is 0.395 e. The predicted molar refractivity (Wildman–Crippen MR) is 76.2 cm³/mol. The van der Waals surface area contributed by atoms with Gasteiger partial charge < -0.3 is 15.0 Å². The summed E-state index contributed by atoms with van der Waals surface area (Å²) in [6.07, 6.45) is 3.55. The summed E-state index contributed by atoms with van der Waals surface area (Å²) in [5, 5.41) is 11.4. The van der Waals surface area contributed by atoms with Gasteiger partial charge in [0.05, 0.1) is 19.1 Å². The molecule has 0 saturated heterocycles. The highest BCUT2D eigenvalue weighted by Gasteiger charge is 2.09. The monoisotopic (exact) mass is 269 g/mol. The topological polar surface area (TPSA) is 67.2 Å². The lowest BCUT2D eigenvalue weighted by atomic mass is 10.2. The molecule has 0 fully saturated rings. The van der Waals surface area contributed by atoms with Crippen molar-refractivity contribution in [1.29, 1.82) is 0 Å². The van der Waals surface area contributed by atoms with Crippen LogP contribution in [0.5, 0.6) is 0 Å². The lowest BCUT2D eigenvalue weighted by Crippen LogP contribution is -2.15. The summed E-state index contributed by atoms with van der Waals surface area (Å²) in [5.41, 5.74) is 2.04. The normalized spacial score (nSPS) is 9.70. The van der Waals surface area contributed by atoms with Crippen LogP contribution in [0.25, 0.3) is 0 Å². The molecule has 2 N–H and O–H groups in total. The second-order valence-corrected chi connectivity index (χ2v) is 4.20. The van der Waals surface area contributed by atoms with Gasteiger partial charge in [-0.15, -0.1) is 0 Å². The van der Waals surface area contributed by atoms with Crippen LogP contribution in [0.2, 0.25) is 0 Å². The van der Waals surface area contributed by atoms with Gasteiger partial charge in [0.1, 0.15) is 5.69 Å². The van der Waals surface area contributed by atoms with Gasteiger partial charge in [-0.1, -0.05) is 11.8 Å². The predicted octanol–water partition coefficient (Wildman–Crippen LogP) is 1.41. The van der Waals surface area contributed by atoms with Crippen molar-refractivity contribution in [2.75, 3.05) is 11.9 Å². The van der Waals surface area contributed by atoms with Gasteiger partial charge in [-0.05, 0) is 24.3 Å². The number of nitrogens with one attached hydrogen (secondary N) is 1. The van der Waals surface area contributed by atoms with E-state index in [1.165, 1.54) is 6.20 Å². The minimum atomic E-state index is -0.205. The number of imidazole rings is 1. The van der Waals surface area contributed by atoms with Crippen molar-refractivity contribution in [2.24, 2.45) is 7.05 Å². The first-order valence-electron chi connectivity index (χ1n) is 6.18.